The van der Waals surface area contributed by atoms with Crippen LogP contribution in [0.1, 0.15) is 29.7 Å². The molecule has 1 aliphatic rings. The number of oxazole rings is 1. The van der Waals surface area contributed by atoms with E-state index in [0.717, 1.165) is 49.0 Å². The molecule has 7 nitrogen and oxygen atoms in total. The topological polar surface area (TPSA) is 78.6 Å². The third kappa shape index (κ3) is 5.42. The maximum absolute atomic E-state index is 5.64. The van der Waals surface area contributed by atoms with Gasteiger partial charge in [0.2, 0.25) is 5.89 Å². The first-order valence-corrected chi connectivity index (χ1v) is 10.8. The van der Waals surface area contributed by atoms with Crippen LogP contribution in [0.25, 0.3) is 11.5 Å². The molecule has 31 heavy (non-hydrogen) atoms. The molecule has 3 aromatic rings. The van der Waals surface area contributed by atoms with E-state index in [1.807, 2.05) is 18.3 Å². The summed E-state index contributed by atoms with van der Waals surface area (Å²) in [4.78, 5) is 15.8. The lowest BCUT2D eigenvalue weighted by molar-refractivity contribution is 0.459. The predicted octanol–water partition coefficient (Wildman–Crippen LogP) is 3.69. The van der Waals surface area contributed by atoms with Gasteiger partial charge in [-0.15, -0.1) is 0 Å². The van der Waals surface area contributed by atoms with Crippen LogP contribution < -0.4 is 15.5 Å². The molecule has 4 rings (SSSR count). The van der Waals surface area contributed by atoms with Gasteiger partial charge < -0.3 is 20.0 Å². The molecule has 0 bridgehead atoms. The molecule has 1 aliphatic heterocycles. The summed E-state index contributed by atoms with van der Waals surface area (Å²) in [6.07, 6.45) is 5.71. The van der Waals surface area contributed by atoms with Gasteiger partial charge in [-0.2, -0.15) is 0 Å². The van der Waals surface area contributed by atoms with Crippen LogP contribution in [0.3, 0.4) is 0 Å². The number of nitrogens with zero attached hydrogens (tertiary/aromatic N) is 4. The molecule has 0 unspecified atom stereocenters. The number of anilines is 1. The molecule has 2 N–H and O–H groups in total. The van der Waals surface area contributed by atoms with Crippen LogP contribution in [0.15, 0.2) is 58.3 Å². The molecule has 0 amide bonds. The molecule has 1 aromatic carbocycles. The van der Waals surface area contributed by atoms with Crippen LogP contribution in [-0.2, 0) is 6.54 Å². The van der Waals surface area contributed by atoms with E-state index < -0.39 is 0 Å². The van der Waals surface area contributed by atoms with E-state index >= 15 is 0 Å². The van der Waals surface area contributed by atoms with Gasteiger partial charge in [0, 0.05) is 37.9 Å². The van der Waals surface area contributed by atoms with Crippen molar-refractivity contribution in [2.45, 2.75) is 39.3 Å². The van der Waals surface area contributed by atoms with Gasteiger partial charge in [-0.05, 0) is 50.5 Å². The lowest BCUT2D eigenvalue weighted by atomic mass is 10.1. The minimum Gasteiger partial charge on any atom is -0.444 e. The second-order valence-corrected chi connectivity index (χ2v) is 8.04. The molecule has 0 aliphatic carbocycles. The van der Waals surface area contributed by atoms with Gasteiger partial charge in [0.05, 0.1) is 12.2 Å². The Morgan fingerprint density at radius 1 is 1.10 bits per heavy atom. The van der Waals surface area contributed by atoms with Crippen molar-refractivity contribution in [1.82, 2.24) is 20.6 Å². The summed E-state index contributed by atoms with van der Waals surface area (Å²) >= 11 is 0. The smallest absolute Gasteiger partial charge is 0.226 e. The second-order valence-electron chi connectivity index (χ2n) is 8.04. The molecular formula is C24H30N6O. The Morgan fingerprint density at radius 2 is 1.84 bits per heavy atom. The quantitative estimate of drug-likeness (QED) is 0.486. The number of nitrogens with one attached hydrogen (secondary N) is 2. The molecule has 0 saturated carbocycles. The Balaban J connectivity index is 1.26. The van der Waals surface area contributed by atoms with E-state index in [0.29, 0.717) is 18.5 Å². The SMILES string of the molecule is CN=C(NCc1coc(-c2ccc(C)cc2)n1)NC1CCN(c2ccc(C)cn2)CC1. The Bertz CT molecular complexity index is 1000. The van der Waals surface area contributed by atoms with E-state index in [-0.39, 0.29) is 0 Å². The first kappa shape index (κ1) is 20.9. The number of rotatable bonds is 5. The number of pyridine rings is 1. The molecule has 2 aromatic heterocycles. The number of aromatic nitrogens is 2. The average Bonchev–Trinajstić information content (AvgIpc) is 3.27. The van der Waals surface area contributed by atoms with Crippen LogP contribution >= 0.6 is 0 Å². The monoisotopic (exact) mass is 418 g/mol. The molecule has 1 fully saturated rings. The van der Waals surface area contributed by atoms with Gasteiger partial charge in [-0.25, -0.2) is 9.97 Å². The van der Waals surface area contributed by atoms with Crippen molar-refractivity contribution >= 4 is 11.8 Å². The second kappa shape index (κ2) is 9.64. The van der Waals surface area contributed by atoms with Gasteiger partial charge in [-0.3, -0.25) is 4.99 Å². The molecular weight excluding hydrogens is 388 g/mol. The Kier molecular flexibility index (Phi) is 6.50. The number of aliphatic imine (C=N–C) groups is 1. The zero-order valence-corrected chi connectivity index (χ0v) is 18.4. The van der Waals surface area contributed by atoms with Crippen molar-refractivity contribution in [2.24, 2.45) is 4.99 Å². The van der Waals surface area contributed by atoms with E-state index in [4.69, 9.17) is 4.42 Å². The number of hydrogen-bond donors (Lipinski definition) is 2. The molecule has 1 saturated heterocycles. The third-order valence-electron chi connectivity index (χ3n) is 5.57. The predicted molar refractivity (Wildman–Crippen MR) is 124 cm³/mol. The van der Waals surface area contributed by atoms with Gasteiger partial charge in [0.1, 0.15) is 12.1 Å². The molecule has 7 heteroatoms. The minimum atomic E-state index is 0.383. The van der Waals surface area contributed by atoms with Gasteiger partial charge >= 0.3 is 0 Å². The molecule has 0 atom stereocenters. The van der Waals surface area contributed by atoms with Crippen LogP contribution in [0.2, 0.25) is 0 Å². The fourth-order valence-corrected chi connectivity index (χ4v) is 3.68. The highest BCUT2D eigenvalue weighted by molar-refractivity contribution is 5.80. The summed E-state index contributed by atoms with van der Waals surface area (Å²) < 4.78 is 5.64. The van der Waals surface area contributed by atoms with E-state index in [1.54, 1.807) is 13.3 Å². The fraction of sp³-hybridized carbons (Fsp3) is 0.375. The lowest BCUT2D eigenvalue weighted by Gasteiger charge is -2.33. The summed E-state index contributed by atoms with van der Waals surface area (Å²) in [5.41, 5.74) is 4.23. The van der Waals surface area contributed by atoms with Crippen LogP contribution in [0.5, 0.6) is 0 Å². The van der Waals surface area contributed by atoms with Crippen molar-refractivity contribution in [3.05, 3.63) is 65.7 Å². The largest absolute Gasteiger partial charge is 0.444 e. The number of piperidine rings is 1. The Morgan fingerprint density at radius 3 is 2.52 bits per heavy atom. The maximum atomic E-state index is 5.64. The van der Waals surface area contributed by atoms with Crippen molar-refractivity contribution < 1.29 is 4.42 Å². The highest BCUT2D eigenvalue weighted by Gasteiger charge is 2.21. The minimum absolute atomic E-state index is 0.383. The first-order valence-electron chi connectivity index (χ1n) is 10.8. The summed E-state index contributed by atoms with van der Waals surface area (Å²) in [7, 11) is 1.79. The summed E-state index contributed by atoms with van der Waals surface area (Å²) in [5, 5.41) is 6.88. The zero-order valence-electron chi connectivity index (χ0n) is 18.4. The number of hydrogen-bond acceptors (Lipinski definition) is 5. The third-order valence-corrected chi connectivity index (χ3v) is 5.57. The van der Waals surface area contributed by atoms with Crippen LogP contribution in [0, 0.1) is 13.8 Å². The normalized spacial score (nSPS) is 15.2. The standard InChI is InChI=1S/C24H30N6O/c1-17-4-7-19(8-5-17)23-28-21(16-31-23)15-27-24(25-3)29-20-10-12-30(13-11-20)22-9-6-18(2)14-26-22/h4-9,14,16,20H,10-13,15H2,1-3H3,(H2,25,27,29). The highest BCUT2D eigenvalue weighted by atomic mass is 16.3. The first-order chi connectivity index (χ1) is 15.1. The summed E-state index contributed by atoms with van der Waals surface area (Å²) in [5.74, 6) is 2.48. The number of guanidine groups is 1. The summed E-state index contributed by atoms with van der Waals surface area (Å²) in [6.45, 7) is 6.65. The maximum Gasteiger partial charge on any atom is 0.226 e. The van der Waals surface area contributed by atoms with Crippen LogP contribution in [0.4, 0.5) is 5.82 Å². The van der Waals surface area contributed by atoms with Crippen molar-refractivity contribution in [2.75, 3.05) is 25.0 Å². The van der Waals surface area contributed by atoms with Gasteiger partial charge in [0.25, 0.3) is 0 Å². The van der Waals surface area contributed by atoms with Crippen molar-refractivity contribution in [3.63, 3.8) is 0 Å². The average molecular weight is 419 g/mol. The van der Waals surface area contributed by atoms with Gasteiger partial charge in [-0.1, -0.05) is 23.8 Å². The van der Waals surface area contributed by atoms with Crippen molar-refractivity contribution in [1.29, 1.82) is 0 Å². The van der Waals surface area contributed by atoms with Gasteiger partial charge in [0.15, 0.2) is 5.96 Å². The lowest BCUT2D eigenvalue weighted by Crippen LogP contribution is -2.48. The molecule has 3 heterocycles. The highest BCUT2D eigenvalue weighted by Crippen LogP contribution is 2.20. The molecule has 0 radical (unpaired) electrons. The Labute approximate surface area is 183 Å². The van der Waals surface area contributed by atoms with E-state index in [1.165, 1.54) is 11.1 Å². The van der Waals surface area contributed by atoms with E-state index in [2.05, 4.69) is 68.6 Å². The van der Waals surface area contributed by atoms with Crippen LogP contribution in [-0.4, -0.2) is 42.1 Å². The Hall–Kier alpha value is -3.35. The summed E-state index contributed by atoms with van der Waals surface area (Å²) in [6, 6.07) is 12.8. The number of aryl methyl sites for hydroxylation is 2. The fourth-order valence-electron chi connectivity index (χ4n) is 3.68. The molecule has 0 spiro atoms. The molecule has 162 valence electrons. The zero-order chi connectivity index (χ0) is 21.6. The van der Waals surface area contributed by atoms with E-state index in [9.17, 15) is 0 Å². The van der Waals surface area contributed by atoms with Crippen molar-refractivity contribution in [3.8, 4) is 11.5 Å². The number of benzene rings is 1.